The van der Waals surface area contributed by atoms with Crippen molar-refractivity contribution in [2.45, 2.75) is 39.3 Å². The SMILES string of the molecule is Cc1ccccc1CNC(=O)COC(=O)[C@H](C)N1C(=O)[C@H]2CC=CC[C@H]2C1=O. The van der Waals surface area contributed by atoms with Gasteiger partial charge in [0.25, 0.3) is 5.91 Å². The monoisotopic (exact) mass is 384 g/mol. The zero-order valence-corrected chi connectivity index (χ0v) is 16.0. The van der Waals surface area contributed by atoms with Crippen molar-refractivity contribution < 1.29 is 23.9 Å². The van der Waals surface area contributed by atoms with Gasteiger partial charge in [0, 0.05) is 6.54 Å². The summed E-state index contributed by atoms with van der Waals surface area (Å²) in [4.78, 5) is 50.3. The first-order valence-corrected chi connectivity index (χ1v) is 9.40. The average molecular weight is 384 g/mol. The van der Waals surface area contributed by atoms with Gasteiger partial charge in [-0.1, -0.05) is 36.4 Å². The normalized spacial score (nSPS) is 22.0. The third kappa shape index (κ3) is 3.98. The summed E-state index contributed by atoms with van der Waals surface area (Å²) in [5, 5.41) is 2.69. The fourth-order valence-electron chi connectivity index (χ4n) is 3.62. The Labute approximate surface area is 163 Å². The largest absolute Gasteiger partial charge is 0.454 e. The van der Waals surface area contributed by atoms with Crippen LogP contribution in [0.2, 0.25) is 0 Å². The summed E-state index contributed by atoms with van der Waals surface area (Å²) in [6.45, 7) is 3.27. The van der Waals surface area contributed by atoms with E-state index in [0.29, 0.717) is 19.4 Å². The summed E-state index contributed by atoms with van der Waals surface area (Å²) in [6.07, 6.45) is 4.79. The number of amides is 3. The van der Waals surface area contributed by atoms with Gasteiger partial charge in [-0.05, 0) is 37.8 Å². The van der Waals surface area contributed by atoms with Crippen LogP contribution < -0.4 is 5.32 Å². The number of allylic oxidation sites excluding steroid dienone is 2. The van der Waals surface area contributed by atoms with Crippen LogP contribution in [0, 0.1) is 18.8 Å². The summed E-state index contributed by atoms with van der Waals surface area (Å²) in [6, 6.07) is 6.60. The number of likely N-dealkylation sites (tertiary alicyclic amines) is 1. The minimum absolute atomic E-state index is 0.331. The lowest BCUT2D eigenvalue weighted by atomic mass is 9.85. The second-order valence-corrected chi connectivity index (χ2v) is 7.19. The molecule has 0 aromatic heterocycles. The van der Waals surface area contributed by atoms with E-state index in [1.54, 1.807) is 0 Å². The lowest BCUT2D eigenvalue weighted by molar-refractivity contribution is -0.159. The van der Waals surface area contributed by atoms with Crippen molar-refractivity contribution >= 4 is 23.7 Å². The summed E-state index contributed by atoms with van der Waals surface area (Å²) in [7, 11) is 0. The predicted molar refractivity (Wildman–Crippen MR) is 101 cm³/mol. The molecule has 1 saturated heterocycles. The zero-order valence-electron chi connectivity index (χ0n) is 16.0. The molecular formula is C21H24N2O5. The Balaban J connectivity index is 1.50. The van der Waals surface area contributed by atoms with Crippen LogP contribution in [0.25, 0.3) is 0 Å². The Morgan fingerprint density at radius 1 is 1.14 bits per heavy atom. The van der Waals surface area contributed by atoms with Gasteiger partial charge in [0.05, 0.1) is 11.8 Å². The first-order valence-electron chi connectivity index (χ1n) is 9.40. The number of aryl methyl sites for hydroxylation is 1. The summed E-state index contributed by atoms with van der Waals surface area (Å²) >= 11 is 0. The third-order valence-corrected chi connectivity index (χ3v) is 5.35. The number of fused-ring (bicyclic) bond motifs is 1. The van der Waals surface area contributed by atoms with Gasteiger partial charge in [-0.15, -0.1) is 0 Å². The van der Waals surface area contributed by atoms with Crippen molar-refractivity contribution in [1.29, 1.82) is 0 Å². The van der Waals surface area contributed by atoms with E-state index in [-0.39, 0.29) is 11.8 Å². The minimum atomic E-state index is -1.05. The summed E-state index contributed by atoms with van der Waals surface area (Å²) in [5.41, 5.74) is 2.02. The first-order chi connectivity index (χ1) is 13.4. The second kappa shape index (κ2) is 8.37. The molecule has 7 nitrogen and oxygen atoms in total. The number of benzene rings is 1. The van der Waals surface area contributed by atoms with Crippen molar-refractivity contribution in [3.8, 4) is 0 Å². The van der Waals surface area contributed by atoms with Crippen LogP contribution in [-0.4, -0.2) is 41.2 Å². The molecule has 1 aromatic rings. The number of nitrogens with zero attached hydrogens (tertiary/aromatic N) is 1. The van der Waals surface area contributed by atoms with Crippen LogP contribution in [0.4, 0.5) is 0 Å². The number of imide groups is 1. The van der Waals surface area contributed by atoms with E-state index < -0.39 is 36.4 Å². The molecule has 0 radical (unpaired) electrons. The Bertz CT molecular complexity index is 806. The van der Waals surface area contributed by atoms with Crippen LogP contribution >= 0.6 is 0 Å². The predicted octanol–water partition coefficient (Wildman–Crippen LogP) is 1.49. The second-order valence-electron chi connectivity index (χ2n) is 7.19. The number of ether oxygens (including phenoxy) is 1. The van der Waals surface area contributed by atoms with Crippen LogP contribution in [0.3, 0.4) is 0 Å². The number of carbonyl (C=O) groups is 4. The molecule has 1 N–H and O–H groups in total. The lowest BCUT2D eigenvalue weighted by Crippen LogP contribution is -2.45. The molecule has 148 valence electrons. The van der Waals surface area contributed by atoms with Gasteiger partial charge in [-0.25, -0.2) is 4.79 Å². The molecule has 1 aromatic carbocycles. The van der Waals surface area contributed by atoms with Gasteiger partial charge in [0.2, 0.25) is 11.8 Å². The summed E-state index contributed by atoms with van der Waals surface area (Å²) in [5.74, 6) is -2.68. The molecule has 7 heteroatoms. The van der Waals surface area contributed by atoms with E-state index >= 15 is 0 Å². The molecule has 0 spiro atoms. The van der Waals surface area contributed by atoms with E-state index in [9.17, 15) is 19.2 Å². The van der Waals surface area contributed by atoms with E-state index in [0.717, 1.165) is 16.0 Å². The molecule has 2 aliphatic rings. The molecule has 1 aliphatic carbocycles. The van der Waals surface area contributed by atoms with E-state index in [1.807, 2.05) is 43.3 Å². The smallest absolute Gasteiger partial charge is 0.329 e. The standard InChI is InChI=1S/C21H24N2O5/c1-13-7-3-4-8-15(13)11-22-18(24)12-28-21(27)14(2)23-19(25)16-9-5-6-10-17(16)20(23)26/h3-8,14,16-17H,9-12H2,1-2H3,(H,22,24)/t14-,16-,17+/m0/s1. The van der Waals surface area contributed by atoms with Crippen molar-refractivity contribution in [3.63, 3.8) is 0 Å². The minimum Gasteiger partial charge on any atom is -0.454 e. The van der Waals surface area contributed by atoms with Crippen molar-refractivity contribution in [2.24, 2.45) is 11.8 Å². The molecule has 0 bridgehead atoms. The van der Waals surface area contributed by atoms with Gasteiger partial charge in [0.15, 0.2) is 6.61 Å². The molecule has 3 amide bonds. The maximum absolute atomic E-state index is 12.5. The Hall–Kier alpha value is -2.96. The van der Waals surface area contributed by atoms with Gasteiger partial charge < -0.3 is 10.1 Å². The fraction of sp³-hybridized carbons (Fsp3) is 0.429. The quantitative estimate of drug-likeness (QED) is 0.456. The number of nitrogens with one attached hydrogen (secondary N) is 1. The third-order valence-electron chi connectivity index (χ3n) is 5.35. The van der Waals surface area contributed by atoms with Crippen LogP contribution in [0.1, 0.15) is 30.9 Å². The number of carbonyl (C=O) groups excluding carboxylic acids is 4. The zero-order chi connectivity index (χ0) is 20.3. The van der Waals surface area contributed by atoms with Crippen molar-refractivity contribution in [3.05, 3.63) is 47.5 Å². The van der Waals surface area contributed by atoms with Crippen molar-refractivity contribution in [2.75, 3.05) is 6.61 Å². The number of esters is 1. The lowest BCUT2D eigenvalue weighted by Gasteiger charge is -2.21. The van der Waals surface area contributed by atoms with E-state index in [1.165, 1.54) is 6.92 Å². The van der Waals surface area contributed by atoms with Gasteiger partial charge in [0.1, 0.15) is 6.04 Å². The average Bonchev–Trinajstić information content (AvgIpc) is 2.95. The molecule has 1 aliphatic heterocycles. The fourth-order valence-corrected chi connectivity index (χ4v) is 3.62. The summed E-state index contributed by atoms with van der Waals surface area (Å²) < 4.78 is 5.03. The van der Waals surface area contributed by atoms with Crippen LogP contribution in [-0.2, 0) is 30.5 Å². The molecule has 0 unspecified atom stereocenters. The van der Waals surface area contributed by atoms with Gasteiger partial charge in [-0.2, -0.15) is 0 Å². The highest BCUT2D eigenvalue weighted by molar-refractivity contribution is 6.08. The topological polar surface area (TPSA) is 92.8 Å². The Morgan fingerprint density at radius 2 is 1.75 bits per heavy atom. The highest BCUT2D eigenvalue weighted by atomic mass is 16.5. The molecule has 1 heterocycles. The highest BCUT2D eigenvalue weighted by Gasteiger charge is 2.50. The number of hydrogen-bond acceptors (Lipinski definition) is 5. The Morgan fingerprint density at radius 3 is 2.36 bits per heavy atom. The van der Waals surface area contributed by atoms with Gasteiger partial charge >= 0.3 is 5.97 Å². The maximum atomic E-state index is 12.5. The molecule has 3 rings (SSSR count). The first kappa shape index (κ1) is 19.8. The van der Waals surface area contributed by atoms with Crippen LogP contribution in [0.5, 0.6) is 0 Å². The number of hydrogen-bond donors (Lipinski definition) is 1. The van der Waals surface area contributed by atoms with E-state index in [4.69, 9.17) is 4.74 Å². The van der Waals surface area contributed by atoms with E-state index in [2.05, 4.69) is 5.32 Å². The maximum Gasteiger partial charge on any atom is 0.329 e. The van der Waals surface area contributed by atoms with Crippen molar-refractivity contribution in [1.82, 2.24) is 10.2 Å². The molecule has 3 atom stereocenters. The molecule has 0 saturated carbocycles. The number of rotatable bonds is 6. The molecule has 28 heavy (non-hydrogen) atoms. The molecule has 1 fully saturated rings. The van der Waals surface area contributed by atoms with Crippen LogP contribution in [0.15, 0.2) is 36.4 Å². The van der Waals surface area contributed by atoms with Gasteiger partial charge in [-0.3, -0.25) is 19.3 Å². The highest BCUT2D eigenvalue weighted by Crippen LogP contribution is 2.36. The molecular weight excluding hydrogens is 360 g/mol. The Kier molecular flexibility index (Phi) is 5.92.